The molecule has 0 aliphatic rings. The molecule has 6 heteroatoms. The second-order valence-corrected chi connectivity index (χ2v) is 6.12. The van der Waals surface area contributed by atoms with Crippen molar-refractivity contribution in [3.05, 3.63) is 53.9 Å². The minimum atomic E-state index is 0.334. The van der Waals surface area contributed by atoms with Crippen LogP contribution in [-0.2, 0) is 6.42 Å². The molecule has 2 aromatic heterocycles. The van der Waals surface area contributed by atoms with E-state index < -0.39 is 0 Å². The minimum absolute atomic E-state index is 0.334. The van der Waals surface area contributed by atoms with Gasteiger partial charge in [0.05, 0.1) is 11.3 Å². The third-order valence-electron chi connectivity index (χ3n) is 3.65. The summed E-state index contributed by atoms with van der Waals surface area (Å²) in [6.45, 7) is 0.889. The zero-order chi connectivity index (χ0) is 16.4. The van der Waals surface area contributed by atoms with Crippen molar-refractivity contribution in [2.24, 2.45) is 5.73 Å². The first-order chi connectivity index (χ1) is 11.1. The number of hydrogen-bond donors (Lipinski definition) is 1. The summed E-state index contributed by atoms with van der Waals surface area (Å²) < 4.78 is 1.84. The van der Waals surface area contributed by atoms with Crippen molar-refractivity contribution >= 4 is 22.9 Å². The quantitative estimate of drug-likeness (QED) is 0.728. The third kappa shape index (κ3) is 3.23. The monoisotopic (exact) mass is 325 g/mol. The van der Waals surface area contributed by atoms with Crippen LogP contribution in [0.2, 0.25) is 0 Å². The van der Waals surface area contributed by atoms with Gasteiger partial charge >= 0.3 is 0 Å². The SMILES string of the molecule is CN(C)CCc1nc2c(C(N)=S)ccc(-c3ccccc3)n2n1. The summed E-state index contributed by atoms with van der Waals surface area (Å²) in [5.41, 5.74) is 9.37. The maximum atomic E-state index is 5.84. The first kappa shape index (κ1) is 15.6. The van der Waals surface area contributed by atoms with Gasteiger partial charge in [-0.15, -0.1) is 0 Å². The lowest BCUT2D eigenvalue weighted by molar-refractivity contribution is 0.409. The molecule has 0 spiro atoms. The topological polar surface area (TPSA) is 59.5 Å². The number of rotatable bonds is 5. The number of hydrogen-bond acceptors (Lipinski definition) is 4. The Morgan fingerprint density at radius 2 is 1.91 bits per heavy atom. The summed E-state index contributed by atoms with van der Waals surface area (Å²) in [4.78, 5) is 7.09. The van der Waals surface area contributed by atoms with E-state index >= 15 is 0 Å². The first-order valence-corrected chi connectivity index (χ1v) is 7.85. The molecule has 3 rings (SSSR count). The van der Waals surface area contributed by atoms with Crippen LogP contribution in [0.1, 0.15) is 11.4 Å². The van der Waals surface area contributed by atoms with Crippen LogP contribution in [0.4, 0.5) is 0 Å². The van der Waals surface area contributed by atoms with E-state index in [0.717, 1.165) is 35.6 Å². The molecular formula is C17H19N5S. The smallest absolute Gasteiger partial charge is 0.166 e. The van der Waals surface area contributed by atoms with E-state index in [0.29, 0.717) is 10.6 Å². The summed E-state index contributed by atoms with van der Waals surface area (Å²) in [5.74, 6) is 0.791. The highest BCUT2D eigenvalue weighted by atomic mass is 32.1. The highest BCUT2D eigenvalue weighted by Gasteiger charge is 2.14. The summed E-state index contributed by atoms with van der Waals surface area (Å²) in [6, 6.07) is 14.0. The van der Waals surface area contributed by atoms with Crippen LogP contribution in [0.15, 0.2) is 42.5 Å². The van der Waals surface area contributed by atoms with Crippen molar-refractivity contribution in [1.29, 1.82) is 0 Å². The predicted octanol–water partition coefficient (Wildman–Crippen LogP) is 2.13. The molecular weight excluding hydrogens is 306 g/mol. The summed E-state index contributed by atoms with van der Waals surface area (Å²) in [6.07, 6.45) is 0.777. The molecule has 0 saturated heterocycles. The molecule has 0 fully saturated rings. The number of fused-ring (bicyclic) bond motifs is 1. The van der Waals surface area contributed by atoms with Crippen LogP contribution in [0.5, 0.6) is 0 Å². The van der Waals surface area contributed by atoms with Crippen LogP contribution >= 0.6 is 12.2 Å². The van der Waals surface area contributed by atoms with Crippen molar-refractivity contribution < 1.29 is 0 Å². The van der Waals surface area contributed by atoms with E-state index in [2.05, 4.69) is 27.1 Å². The molecule has 0 bridgehead atoms. The number of thiocarbonyl (C=S) groups is 1. The molecule has 1 aromatic carbocycles. The van der Waals surface area contributed by atoms with Crippen LogP contribution < -0.4 is 5.73 Å². The maximum absolute atomic E-state index is 5.84. The van der Waals surface area contributed by atoms with E-state index in [1.165, 1.54) is 0 Å². The Hall–Kier alpha value is -2.31. The molecule has 0 aliphatic heterocycles. The standard InChI is InChI=1S/C17H19N5S/c1-21(2)11-10-15-19-17-13(16(18)23)8-9-14(22(17)20-15)12-6-4-3-5-7-12/h3-9H,10-11H2,1-2H3,(H2,18,23). The molecule has 0 atom stereocenters. The molecule has 5 nitrogen and oxygen atoms in total. The Labute approximate surface area is 140 Å². The van der Waals surface area contributed by atoms with Gasteiger partial charge in [-0.05, 0) is 26.2 Å². The third-order valence-corrected chi connectivity index (χ3v) is 3.87. The zero-order valence-corrected chi connectivity index (χ0v) is 14.0. The van der Waals surface area contributed by atoms with Crippen LogP contribution in [-0.4, -0.2) is 45.1 Å². The van der Waals surface area contributed by atoms with Gasteiger partial charge in [-0.25, -0.2) is 9.50 Å². The first-order valence-electron chi connectivity index (χ1n) is 7.45. The molecule has 23 heavy (non-hydrogen) atoms. The molecule has 0 unspecified atom stereocenters. The fraction of sp³-hybridized carbons (Fsp3) is 0.235. The maximum Gasteiger partial charge on any atom is 0.166 e. The molecule has 0 amide bonds. The molecule has 0 aliphatic carbocycles. The largest absolute Gasteiger partial charge is 0.389 e. The van der Waals surface area contributed by atoms with E-state index in [9.17, 15) is 0 Å². The lowest BCUT2D eigenvalue weighted by Gasteiger charge is -2.07. The van der Waals surface area contributed by atoms with Crippen molar-refractivity contribution in [1.82, 2.24) is 19.5 Å². The van der Waals surface area contributed by atoms with Crippen LogP contribution in [0, 0.1) is 0 Å². The van der Waals surface area contributed by atoms with Crippen molar-refractivity contribution in [2.45, 2.75) is 6.42 Å². The van der Waals surface area contributed by atoms with Gasteiger partial charge in [0.2, 0.25) is 0 Å². The van der Waals surface area contributed by atoms with Gasteiger partial charge in [0, 0.05) is 18.5 Å². The molecule has 3 aromatic rings. The highest BCUT2D eigenvalue weighted by molar-refractivity contribution is 7.80. The Morgan fingerprint density at radius 3 is 2.57 bits per heavy atom. The Kier molecular flexibility index (Phi) is 4.36. The van der Waals surface area contributed by atoms with Crippen LogP contribution in [0.25, 0.3) is 16.9 Å². The predicted molar refractivity (Wildman–Crippen MR) is 96.6 cm³/mol. The van der Waals surface area contributed by atoms with Crippen molar-refractivity contribution in [3.8, 4) is 11.3 Å². The molecule has 0 radical (unpaired) electrons. The number of likely N-dealkylation sites (N-methyl/N-ethyl adjacent to an activating group) is 1. The second kappa shape index (κ2) is 6.44. The highest BCUT2D eigenvalue weighted by Crippen LogP contribution is 2.22. The summed E-state index contributed by atoms with van der Waals surface area (Å²) >= 11 is 5.15. The Bertz CT molecular complexity index is 839. The van der Waals surface area contributed by atoms with Gasteiger partial charge in [0.15, 0.2) is 11.5 Å². The van der Waals surface area contributed by atoms with E-state index in [-0.39, 0.29) is 0 Å². The Balaban J connectivity index is 2.15. The number of nitrogens with two attached hydrogens (primary N) is 1. The molecule has 0 saturated carbocycles. The van der Waals surface area contributed by atoms with Crippen molar-refractivity contribution in [2.75, 3.05) is 20.6 Å². The number of nitrogens with zero attached hydrogens (tertiary/aromatic N) is 4. The molecule has 118 valence electrons. The fourth-order valence-corrected chi connectivity index (χ4v) is 2.61. The van der Waals surface area contributed by atoms with Gasteiger partial charge in [-0.1, -0.05) is 42.5 Å². The number of pyridine rings is 1. The van der Waals surface area contributed by atoms with Gasteiger partial charge in [-0.3, -0.25) is 0 Å². The normalized spacial score (nSPS) is 11.3. The average molecular weight is 325 g/mol. The van der Waals surface area contributed by atoms with Gasteiger partial charge in [-0.2, -0.15) is 5.10 Å². The lowest BCUT2D eigenvalue weighted by atomic mass is 10.1. The average Bonchev–Trinajstić information content (AvgIpc) is 2.96. The van der Waals surface area contributed by atoms with Crippen molar-refractivity contribution in [3.63, 3.8) is 0 Å². The summed E-state index contributed by atoms with van der Waals surface area (Å²) in [5, 5.41) is 4.67. The minimum Gasteiger partial charge on any atom is -0.389 e. The fourth-order valence-electron chi connectivity index (χ4n) is 2.45. The van der Waals surface area contributed by atoms with Gasteiger partial charge < -0.3 is 10.6 Å². The second-order valence-electron chi connectivity index (χ2n) is 5.68. The summed E-state index contributed by atoms with van der Waals surface area (Å²) in [7, 11) is 4.07. The zero-order valence-electron chi connectivity index (χ0n) is 13.2. The number of aromatic nitrogens is 3. The van der Waals surface area contributed by atoms with Gasteiger partial charge in [0.1, 0.15) is 4.99 Å². The van der Waals surface area contributed by atoms with E-state index in [1.54, 1.807) is 0 Å². The number of benzene rings is 1. The molecule has 2 N–H and O–H groups in total. The van der Waals surface area contributed by atoms with Crippen LogP contribution in [0.3, 0.4) is 0 Å². The lowest BCUT2D eigenvalue weighted by Crippen LogP contribution is -2.15. The van der Waals surface area contributed by atoms with Gasteiger partial charge in [0.25, 0.3) is 0 Å². The van der Waals surface area contributed by atoms with E-state index in [1.807, 2.05) is 48.9 Å². The Morgan fingerprint density at radius 1 is 1.17 bits per heavy atom. The van der Waals surface area contributed by atoms with E-state index in [4.69, 9.17) is 18.0 Å². The molecule has 2 heterocycles.